The molecular formula is C11H25NO2. The molecule has 0 radical (unpaired) electrons. The van der Waals surface area contributed by atoms with Gasteiger partial charge in [0.15, 0.2) is 0 Å². The Balaban J connectivity index is 3.42. The lowest BCUT2D eigenvalue weighted by Gasteiger charge is -2.19. The van der Waals surface area contributed by atoms with Crippen LogP contribution in [-0.4, -0.2) is 35.5 Å². The highest BCUT2D eigenvalue weighted by atomic mass is 16.3. The molecule has 0 aliphatic rings. The van der Waals surface area contributed by atoms with Crippen molar-refractivity contribution in [1.82, 2.24) is 5.32 Å². The lowest BCUT2D eigenvalue weighted by atomic mass is 10.0. The zero-order valence-electron chi connectivity index (χ0n) is 9.71. The fraction of sp³-hybridized carbons (Fsp3) is 1.00. The smallest absolute Gasteiger partial charge is 0.0603 e. The molecule has 0 bridgehead atoms. The van der Waals surface area contributed by atoms with Gasteiger partial charge in [-0.05, 0) is 45.7 Å². The molecule has 0 aromatic carbocycles. The SMILES string of the molecule is CCC(CCO)CNCCC(C)(C)O. The fourth-order valence-corrected chi connectivity index (χ4v) is 1.33. The number of hydrogen-bond donors (Lipinski definition) is 3. The molecular weight excluding hydrogens is 178 g/mol. The van der Waals surface area contributed by atoms with E-state index in [1.165, 1.54) is 0 Å². The van der Waals surface area contributed by atoms with Crippen molar-refractivity contribution >= 4 is 0 Å². The topological polar surface area (TPSA) is 52.5 Å². The lowest BCUT2D eigenvalue weighted by molar-refractivity contribution is 0.0708. The molecule has 0 saturated heterocycles. The minimum absolute atomic E-state index is 0.270. The van der Waals surface area contributed by atoms with Crippen molar-refractivity contribution in [2.75, 3.05) is 19.7 Å². The van der Waals surface area contributed by atoms with E-state index < -0.39 is 5.60 Å². The van der Waals surface area contributed by atoms with Crippen LogP contribution >= 0.6 is 0 Å². The Hall–Kier alpha value is -0.120. The van der Waals surface area contributed by atoms with E-state index in [4.69, 9.17) is 5.11 Å². The molecule has 1 atom stereocenters. The number of aliphatic hydroxyl groups excluding tert-OH is 1. The van der Waals surface area contributed by atoms with Crippen LogP contribution in [0.1, 0.15) is 40.0 Å². The van der Waals surface area contributed by atoms with Crippen LogP contribution in [0.2, 0.25) is 0 Å². The molecule has 0 aliphatic heterocycles. The summed E-state index contributed by atoms with van der Waals surface area (Å²) in [5, 5.41) is 21.6. The van der Waals surface area contributed by atoms with E-state index in [9.17, 15) is 5.11 Å². The minimum Gasteiger partial charge on any atom is -0.396 e. The largest absolute Gasteiger partial charge is 0.396 e. The average molecular weight is 203 g/mol. The van der Waals surface area contributed by atoms with Crippen LogP contribution in [0.4, 0.5) is 0 Å². The maximum absolute atomic E-state index is 9.46. The van der Waals surface area contributed by atoms with E-state index in [1.54, 1.807) is 0 Å². The molecule has 0 aromatic heterocycles. The Labute approximate surface area is 87.5 Å². The Bertz CT molecular complexity index is 132. The molecule has 0 heterocycles. The summed E-state index contributed by atoms with van der Waals surface area (Å²) in [6.45, 7) is 7.82. The molecule has 0 aliphatic carbocycles. The summed E-state index contributed by atoms with van der Waals surface area (Å²) in [4.78, 5) is 0. The average Bonchev–Trinajstić information content (AvgIpc) is 2.08. The summed E-state index contributed by atoms with van der Waals surface area (Å²) in [6, 6.07) is 0. The van der Waals surface area contributed by atoms with Gasteiger partial charge < -0.3 is 15.5 Å². The summed E-state index contributed by atoms with van der Waals surface area (Å²) in [6.07, 6.45) is 2.73. The van der Waals surface area contributed by atoms with E-state index in [1.807, 2.05) is 13.8 Å². The number of nitrogens with one attached hydrogen (secondary N) is 1. The van der Waals surface area contributed by atoms with Crippen LogP contribution < -0.4 is 5.32 Å². The summed E-state index contributed by atoms with van der Waals surface area (Å²) < 4.78 is 0. The van der Waals surface area contributed by atoms with Gasteiger partial charge in [-0.3, -0.25) is 0 Å². The minimum atomic E-state index is -0.578. The first kappa shape index (κ1) is 13.9. The zero-order chi connectivity index (χ0) is 11.0. The van der Waals surface area contributed by atoms with Gasteiger partial charge in [0.25, 0.3) is 0 Å². The molecule has 0 amide bonds. The van der Waals surface area contributed by atoms with Crippen molar-refractivity contribution in [2.45, 2.75) is 45.6 Å². The zero-order valence-corrected chi connectivity index (χ0v) is 9.71. The normalized spacial score (nSPS) is 14.4. The van der Waals surface area contributed by atoms with Crippen molar-refractivity contribution in [3.63, 3.8) is 0 Å². The van der Waals surface area contributed by atoms with Gasteiger partial charge in [-0.1, -0.05) is 13.3 Å². The van der Waals surface area contributed by atoms with Gasteiger partial charge in [0.1, 0.15) is 0 Å². The van der Waals surface area contributed by atoms with Gasteiger partial charge >= 0.3 is 0 Å². The van der Waals surface area contributed by atoms with Gasteiger partial charge in [0.05, 0.1) is 5.60 Å². The molecule has 0 fully saturated rings. The van der Waals surface area contributed by atoms with Crippen molar-refractivity contribution in [1.29, 1.82) is 0 Å². The van der Waals surface area contributed by atoms with Crippen LogP contribution in [0.5, 0.6) is 0 Å². The lowest BCUT2D eigenvalue weighted by Crippen LogP contribution is -2.30. The molecule has 86 valence electrons. The van der Waals surface area contributed by atoms with Crippen molar-refractivity contribution in [3.8, 4) is 0 Å². The number of rotatable bonds is 8. The molecule has 3 nitrogen and oxygen atoms in total. The summed E-state index contributed by atoms with van der Waals surface area (Å²) in [5.74, 6) is 0.557. The second-order valence-electron chi connectivity index (χ2n) is 4.55. The van der Waals surface area contributed by atoms with Gasteiger partial charge in [-0.15, -0.1) is 0 Å². The molecule has 0 spiro atoms. The second kappa shape index (κ2) is 7.21. The van der Waals surface area contributed by atoms with E-state index in [0.29, 0.717) is 5.92 Å². The first-order valence-electron chi connectivity index (χ1n) is 5.53. The molecule has 3 heteroatoms. The van der Waals surface area contributed by atoms with Crippen LogP contribution in [0.3, 0.4) is 0 Å². The van der Waals surface area contributed by atoms with E-state index >= 15 is 0 Å². The standard InChI is InChI=1S/C11H25NO2/c1-4-10(5-8-13)9-12-7-6-11(2,3)14/h10,12-14H,4-9H2,1-3H3. The van der Waals surface area contributed by atoms with Crippen LogP contribution in [0.15, 0.2) is 0 Å². The highest BCUT2D eigenvalue weighted by molar-refractivity contribution is 4.67. The van der Waals surface area contributed by atoms with Gasteiger partial charge in [-0.2, -0.15) is 0 Å². The maximum Gasteiger partial charge on any atom is 0.0603 e. The second-order valence-corrected chi connectivity index (χ2v) is 4.55. The first-order chi connectivity index (χ1) is 6.49. The fourth-order valence-electron chi connectivity index (χ4n) is 1.33. The van der Waals surface area contributed by atoms with Crippen molar-refractivity contribution in [2.24, 2.45) is 5.92 Å². The predicted molar refractivity (Wildman–Crippen MR) is 59.3 cm³/mol. The molecule has 0 aromatic rings. The van der Waals surface area contributed by atoms with Gasteiger partial charge in [-0.25, -0.2) is 0 Å². The summed E-state index contributed by atoms with van der Waals surface area (Å²) in [7, 11) is 0. The molecule has 0 saturated carbocycles. The van der Waals surface area contributed by atoms with Crippen LogP contribution in [0.25, 0.3) is 0 Å². The predicted octanol–water partition coefficient (Wildman–Crippen LogP) is 1.15. The maximum atomic E-state index is 9.46. The molecule has 0 rings (SSSR count). The molecule has 14 heavy (non-hydrogen) atoms. The Morgan fingerprint density at radius 3 is 2.43 bits per heavy atom. The third-order valence-electron chi connectivity index (χ3n) is 2.46. The Kier molecular flexibility index (Phi) is 7.15. The van der Waals surface area contributed by atoms with Crippen molar-refractivity contribution in [3.05, 3.63) is 0 Å². The highest BCUT2D eigenvalue weighted by Gasteiger charge is 2.11. The monoisotopic (exact) mass is 203 g/mol. The summed E-state index contributed by atoms with van der Waals surface area (Å²) >= 11 is 0. The third-order valence-corrected chi connectivity index (χ3v) is 2.46. The highest BCUT2D eigenvalue weighted by Crippen LogP contribution is 2.07. The van der Waals surface area contributed by atoms with Gasteiger partial charge in [0.2, 0.25) is 0 Å². The quantitative estimate of drug-likeness (QED) is 0.519. The number of hydrogen-bond acceptors (Lipinski definition) is 3. The molecule has 3 N–H and O–H groups in total. The van der Waals surface area contributed by atoms with Crippen molar-refractivity contribution < 1.29 is 10.2 Å². The van der Waals surface area contributed by atoms with Gasteiger partial charge in [0, 0.05) is 6.61 Å². The first-order valence-corrected chi connectivity index (χ1v) is 5.53. The van der Waals surface area contributed by atoms with Crippen LogP contribution in [-0.2, 0) is 0 Å². The third kappa shape index (κ3) is 8.48. The Morgan fingerprint density at radius 1 is 1.36 bits per heavy atom. The summed E-state index contributed by atoms with van der Waals surface area (Å²) in [5.41, 5.74) is -0.578. The molecule has 1 unspecified atom stereocenters. The van der Waals surface area contributed by atoms with E-state index in [-0.39, 0.29) is 6.61 Å². The Morgan fingerprint density at radius 2 is 2.00 bits per heavy atom. The van der Waals surface area contributed by atoms with E-state index in [0.717, 1.165) is 32.4 Å². The van der Waals surface area contributed by atoms with Crippen LogP contribution in [0, 0.1) is 5.92 Å². The number of aliphatic hydroxyl groups is 2. The van der Waals surface area contributed by atoms with E-state index in [2.05, 4.69) is 12.2 Å².